The molecule has 0 saturated carbocycles. The van der Waals surface area contributed by atoms with Crippen molar-refractivity contribution in [2.75, 3.05) is 49.1 Å². The molecule has 160 valence electrons. The number of β-amino-alcohol motifs (C(OH)–C–C–N with tert-alkyl or cyclic N) is 1. The van der Waals surface area contributed by atoms with Crippen LogP contribution in [0.2, 0.25) is 0 Å². The van der Waals surface area contributed by atoms with Crippen molar-refractivity contribution < 1.29 is 9.90 Å². The number of fused-ring (bicyclic) bond motifs is 1. The maximum absolute atomic E-state index is 11.9. The second-order valence-electron chi connectivity index (χ2n) is 8.76. The molecule has 0 aliphatic carbocycles. The van der Waals surface area contributed by atoms with Crippen molar-refractivity contribution in [1.29, 1.82) is 0 Å². The van der Waals surface area contributed by atoms with E-state index < -0.39 is 6.10 Å². The summed E-state index contributed by atoms with van der Waals surface area (Å²) in [5, 5.41) is 10.9. The standard InChI is InChI=1S/C25H33N3O2/c1-18-6-8-23(19(2)15-18)27-13-11-26(12-14-27)17-25(30)22-7-9-24-21(16-22)5-4-10-28(24)20(3)29/h6-9,15-16,25,30H,4-5,10-14,17H2,1-3H3/t25-/m0/s1. The van der Waals surface area contributed by atoms with E-state index in [1.807, 2.05) is 17.0 Å². The number of carbonyl (C=O) groups is 1. The molecule has 0 spiro atoms. The van der Waals surface area contributed by atoms with E-state index in [9.17, 15) is 9.90 Å². The zero-order valence-electron chi connectivity index (χ0n) is 18.4. The number of amides is 1. The van der Waals surface area contributed by atoms with E-state index in [4.69, 9.17) is 0 Å². The molecule has 0 bridgehead atoms. The highest BCUT2D eigenvalue weighted by molar-refractivity contribution is 5.92. The monoisotopic (exact) mass is 407 g/mol. The SMILES string of the molecule is CC(=O)N1CCCc2cc([C@@H](O)CN3CCN(c4ccc(C)cc4C)CC3)ccc21. The zero-order valence-corrected chi connectivity index (χ0v) is 18.4. The molecule has 0 aromatic heterocycles. The number of aliphatic hydroxyl groups excluding tert-OH is 1. The van der Waals surface area contributed by atoms with Crippen molar-refractivity contribution in [3.63, 3.8) is 0 Å². The Kier molecular flexibility index (Phi) is 6.11. The summed E-state index contributed by atoms with van der Waals surface area (Å²) in [6, 6.07) is 12.7. The first kappa shape index (κ1) is 20.9. The molecule has 1 atom stereocenters. The molecule has 1 saturated heterocycles. The van der Waals surface area contributed by atoms with Crippen LogP contribution in [0.1, 0.15) is 41.7 Å². The lowest BCUT2D eigenvalue weighted by atomic mass is 9.97. The first-order valence-electron chi connectivity index (χ1n) is 11.1. The maximum Gasteiger partial charge on any atom is 0.223 e. The van der Waals surface area contributed by atoms with Crippen LogP contribution in [-0.2, 0) is 11.2 Å². The van der Waals surface area contributed by atoms with Gasteiger partial charge in [0.2, 0.25) is 5.91 Å². The van der Waals surface area contributed by atoms with Gasteiger partial charge in [-0.15, -0.1) is 0 Å². The lowest BCUT2D eigenvalue weighted by Gasteiger charge is -2.37. The minimum absolute atomic E-state index is 0.0888. The van der Waals surface area contributed by atoms with E-state index in [0.717, 1.165) is 56.8 Å². The maximum atomic E-state index is 11.9. The molecule has 2 aromatic carbocycles. The highest BCUT2D eigenvalue weighted by Crippen LogP contribution is 2.30. The molecule has 30 heavy (non-hydrogen) atoms. The Morgan fingerprint density at radius 2 is 1.73 bits per heavy atom. The quantitative estimate of drug-likeness (QED) is 0.843. The number of carbonyl (C=O) groups excluding carboxylic acids is 1. The second kappa shape index (κ2) is 8.78. The predicted molar refractivity (Wildman–Crippen MR) is 122 cm³/mol. The molecule has 1 fully saturated rings. The fourth-order valence-electron chi connectivity index (χ4n) is 4.83. The van der Waals surface area contributed by atoms with E-state index in [0.29, 0.717) is 6.54 Å². The number of hydrogen-bond acceptors (Lipinski definition) is 4. The Morgan fingerprint density at radius 1 is 1.00 bits per heavy atom. The molecule has 2 heterocycles. The van der Waals surface area contributed by atoms with Crippen LogP contribution in [0.4, 0.5) is 11.4 Å². The lowest BCUT2D eigenvalue weighted by Crippen LogP contribution is -2.47. The molecule has 2 aliphatic rings. The number of aryl methyl sites for hydroxylation is 3. The molecule has 2 aromatic rings. The number of rotatable bonds is 4. The van der Waals surface area contributed by atoms with Crippen molar-refractivity contribution in [2.45, 2.75) is 39.7 Å². The molecule has 0 unspecified atom stereocenters. The molecule has 5 nitrogen and oxygen atoms in total. The van der Waals surface area contributed by atoms with Crippen LogP contribution in [-0.4, -0.2) is 55.2 Å². The number of hydrogen-bond donors (Lipinski definition) is 1. The normalized spacial score (nSPS) is 18.3. The molecule has 2 aliphatic heterocycles. The Morgan fingerprint density at radius 3 is 2.43 bits per heavy atom. The van der Waals surface area contributed by atoms with E-state index in [2.05, 4.69) is 47.9 Å². The number of benzene rings is 2. The molecule has 5 heteroatoms. The summed E-state index contributed by atoms with van der Waals surface area (Å²) in [7, 11) is 0. The van der Waals surface area contributed by atoms with Crippen molar-refractivity contribution in [2.24, 2.45) is 0 Å². The number of anilines is 2. The first-order valence-corrected chi connectivity index (χ1v) is 11.1. The number of aliphatic hydroxyl groups is 1. The van der Waals surface area contributed by atoms with Crippen LogP contribution in [0.5, 0.6) is 0 Å². The van der Waals surface area contributed by atoms with Gasteiger partial charge in [0.15, 0.2) is 0 Å². The lowest BCUT2D eigenvalue weighted by molar-refractivity contribution is -0.116. The zero-order chi connectivity index (χ0) is 21.3. The van der Waals surface area contributed by atoms with Crippen molar-refractivity contribution in [3.05, 3.63) is 58.7 Å². The third-order valence-electron chi connectivity index (χ3n) is 6.48. The van der Waals surface area contributed by atoms with Gasteiger partial charge in [-0.25, -0.2) is 0 Å². The topological polar surface area (TPSA) is 47.0 Å². The Balaban J connectivity index is 1.37. The summed E-state index contributed by atoms with van der Waals surface area (Å²) in [6.07, 6.45) is 1.44. The van der Waals surface area contributed by atoms with Gasteiger partial charge in [-0.3, -0.25) is 9.69 Å². The van der Waals surface area contributed by atoms with Gasteiger partial charge in [0, 0.05) is 57.6 Å². The third-order valence-corrected chi connectivity index (χ3v) is 6.48. The average molecular weight is 408 g/mol. The Hall–Kier alpha value is -2.37. The highest BCUT2D eigenvalue weighted by atomic mass is 16.3. The fourth-order valence-corrected chi connectivity index (χ4v) is 4.83. The van der Waals surface area contributed by atoms with Crippen LogP contribution >= 0.6 is 0 Å². The number of nitrogens with zero attached hydrogens (tertiary/aromatic N) is 3. The smallest absolute Gasteiger partial charge is 0.223 e. The van der Waals surface area contributed by atoms with Gasteiger partial charge in [0.05, 0.1) is 6.10 Å². The van der Waals surface area contributed by atoms with E-state index in [-0.39, 0.29) is 5.91 Å². The summed E-state index contributed by atoms with van der Waals surface area (Å²) in [5.41, 5.74) is 7.09. The summed E-state index contributed by atoms with van der Waals surface area (Å²) in [5.74, 6) is 0.0888. The highest BCUT2D eigenvalue weighted by Gasteiger charge is 2.24. The average Bonchev–Trinajstić information content (AvgIpc) is 2.73. The van der Waals surface area contributed by atoms with E-state index in [1.54, 1.807) is 6.92 Å². The van der Waals surface area contributed by atoms with Crippen LogP contribution in [0, 0.1) is 13.8 Å². The van der Waals surface area contributed by atoms with Gasteiger partial charge < -0.3 is 14.9 Å². The summed E-state index contributed by atoms with van der Waals surface area (Å²) < 4.78 is 0. The second-order valence-corrected chi connectivity index (χ2v) is 8.76. The van der Waals surface area contributed by atoms with Crippen LogP contribution in [0.25, 0.3) is 0 Å². The van der Waals surface area contributed by atoms with Crippen LogP contribution < -0.4 is 9.80 Å². The van der Waals surface area contributed by atoms with Gasteiger partial charge in [-0.1, -0.05) is 29.8 Å². The Bertz CT molecular complexity index is 919. The largest absolute Gasteiger partial charge is 0.387 e. The molecular formula is C25H33N3O2. The molecule has 1 N–H and O–H groups in total. The predicted octanol–water partition coefficient (Wildman–Crippen LogP) is 3.46. The van der Waals surface area contributed by atoms with Crippen molar-refractivity contribution in [3.8, 4) is 0 Å². The van der Waals surface area contributed by atoms with E-state index in [1.165, 1.54) is 22.4 Å². The van der Waals surface area contributed by atoms with Gasteiger partial charge in [-0.2, -0.15) is 0 Å². The minimum Gasteiger partial charge on any atom is -0.387 e. The van der Waals surface area contributed by atoms with Crippen molar-refractivity contribution in [1.82, 2.24) is 4.90 Å². The van der Waals surface area contributed by atoms with Gasteiger partial charge >= 0.3 is 0 Å². The minimum atomic E-state index is -0.504. The fraction of sp³-hybridized carbons (Fsp3) is 0.480. The summed E-state index contributed by atoms with van der Waals surface area (Å²) >= 11 is 0. The van der Waals surface area contributed by atoms with Gasteiger partial charge in [0.1, 0.15) is 0 Å². The van der Waals surface area contributed by atoms with E-state index >= 15 is 0 Å². The van der Waals surface area contributed by atoms with Gasteiger partial charge in [0.25, 0.3) is 0 Å². The van der Waals surface area contributed by atoms with Crippen LogP contribution in [0.15, 0.2) is 36.4 Å². The molecule has 0 radical (unpaired) electrons. The summed E-state index contributed by atoms with van der Waals surface area (Å²) in [4.78, 5) is 18.5. The van der Waals surface area contributed by atoms with Crippen molar-refractivity contribution >= 4 is 17.3 Å². The first-order chi connectivity index (χ1) is 14.4. The van der Waals surface area contributed by atoms with Crippen LogP contribution in [0.3, 0.4) is 0 Å². The third kappa shape index (κ3) is 4.37. The van der Waals surface area contributed by atoms with Gasteiger partial charge in [-0.05, 0) is 55.5 Å². The molecule has 1 amide bonds. The Labute approximate surface area is 179 Å². The summed E-state index contributed by atoms with van der Waals surface area (Å²) in [6.45, 7) is 11.2. The number of piperazine rings is 1. The molecular weight excluding hydrogens is 374 g/mol. The molecule has 4 rings (SSSR count).